The van der Waals surface area contributed by atoms with Gasteiger partial charge in [0.05, 0.1) is 34.7 Å². The minimum absolute atomic E-state index is 0.0303. The van der Waals surface area contributed by atoms with E-state index >= 15 is 0 Å². The van der Waals surface area contributed by atoms with Gasteiger partial charge in [0, 0.05) is 55.2 Å². The highest BCUT2D eigenvalue weighted by atomic mass is 19.1. The Balaban J connectivity index is 1.10. The summed E-state index contributed by atoms with van der Waals surface area (Å²) < 4.78 is 27.5. The molecular formula is C30H29FN6O4. The van der Waals surface area contributed by atoms with Crippen LogP contribution in [-0.2, 0) is 24.3 Å². The van der Waals surface area contributed by atoms with Gasteiger partial charge in [0.1, 0.15) is 12.4 Å². The Kier molecular flexibility index (Phi) is 7.59. The van der Waals surface area contributed by atoms with Crippen LogP contribution in [0.4, 0.5) is 4.39 Å². The van der Waals surface area contributed by atoms with E-state index in [1.54, 1.807) is 28.8 Å². The minimum atomic E-state index is -1.02. The molecule has 2 fully saturated rings. The molecule has 1 aromatic carbocycles. The monoisotopic (exact) mass is 556 g/mol. The first-order valence-corrected chi connectivity index (χ1v) is 13.7. The van der Waals surface area contributed by atoms with Crippen molar-refractivity contribution in [2.24, 2.45) is 0 Å². The highest BCUT2D eigenvalue weighted by Gasteiger charge is 2.27. The Morgan fingerprint density at radius 3 is 2.73 bits per heavy atom. The number of carboxylic acids is 1. The van der Waals surface area contributed by atoms with Crippen LogP contribution in [0.1, 0.15) is 63.7 Å². The Morgan fingerprint density at radius 2 is 2.02 bits per heavy atom. The van der Waals surface area contributed by atoms with Crippen molar-refractivity contribution in [2.45, 2.75) is 50.9 Å². The van der Waals surface area contributed by atoms with Crippen molar-refractivity contribution in [3.05, 3.63) is 88.4 Å². The van der Waals surface area contributed by atoms with Crippen molar-refractivity contribution in [3.63, 3.8) is 0 Å². The number of carbonyl (C=O) groups is 1. The number of imidazole rings is 1. The number of nitrogens with zero attached hydrogens (tertiary/aromatic N) is 6. The predicted octanol–water partition coefficient (Wildman–Crippen LogP) is 4.12. The molecule has 11 heteroatoms. The molecular weight excluding hydrogens is 527 g/mol. The number of carboxylic acid groups (broad SMARTS) is 1. The summed E-state index contributed by atoms with van der Waals surface area (Å²) in [6.45, 7) is 3.13. The van der Waals surface area contributed by atoms with Crippen LogP contribution in [0.2, 0.25) is 0 Å². The quantitative estimate of drug-likeness (QED) is 0.324. The molecule has 0 radical (unpaired) electrons. The standard InChI is InChI=1S/C30H29FN6O4/c31-24-12-19(14-32)4-5-21(24)18-41-28-3-1-2-25(34-28)20-6-9-36(10-7-20)17-26-27(13-23-8-11-40-23)37-16-22(29(38)39)15-33-30(37)35-26/h1-5,12,15-16,20,23H,6-11,13,17-18H2,(H,38,39). The van der Waals surface area contributed by atoms with Gasteiger partial charge in [0.2, 0.25) is 11.7 Å². The van der Waals surface area contributed by atoms with Gasteiger partial charge in [-0.05, 0) is 50.6 Å². The van der Waals surface area contributed by atoms with E-state index in [0.717, 1.165) is 56.0 Å². The van der Waals surface area contributed by atoms with E-state index in [-0.39, 0.29) is 29.8 Å². The Morgan fingerprint density at radius 1 is 1.20 bits per heavy atom. The fraction of sp³-hybridized carbons (Fsp3) is 0.367. The topological polar surface area (TPSA) is 126 Å². The van der Waals surface area contributed by atoms with Gasteiger partial charge in [-0.15, -0.1) is 0 Å². The fourth-order valence-electron chi connectivity index (χ4n) is 5.36. The molecule has 2 aliphatic rings. The second-order valence-corrected chi connectivity index (χ2v) is 10.5. The smallest absolute Gasteiger partial charge is 0.338 e. The Hall–Kier alpha value is -4.40. The molecule has 41 heavy (non-hydrogen) atoms. The number of hydrogen-bond donors (Lipinski definition) is 1. The van der Waals surface area contributed by atoms with Crippen molar-refractivity contribution in [1.82, 2.24) is 24.3 Å². The molecule has 5 heterocycles. The van der Waals surface area contributed by atoms with E-state index < -0.39 is 11.8 Å². The molecule has 3 aromatic heterocycles. The van der Waals surface area contributed by atoms with Gasteiger partial charge in [-0.3, -0.25) is 9.30 Å². The van der Waals surface area contributed by atoms with Gasteiger partial charge < -0.3 is 14.6 Å². The number of halogens is 1. The number of likely N-dealkylation sites (tertiary alicyclic amines) is 1. The number of hydrogen-bond acceptors (Lipinski definition) is 8. The van der Waals surface area contributed by atoms with E-state index in [9.17, 15) is 14.3 Å². The number of aromatic nitrogens is 4. The maximum absolute atomic E-state index is 14.2. The van der Waals surface area contributed by atoms with Gasteiger partial charge >= 0.3 is 5.97 Å². The molecule has 0 aliphatic carbocycles. The third kappa shape index (κ3) is 5.89. The molecule has 0 amide bonds. The first-order chi connectivity index (χ1) is 20.0. The number of ether oxygens (including phenoxy) is 2. The van der Waals surface area contributed by atoms with Crippen LogP contribution < -0.4 is 4.74 Å². The zero-order valence-electron chi connectivity index (χ0n) is 22.4. The van der Waals surface area contributed by atoms with Crippen LogP contribution in [0.3, 0.4) is 0 Å². The average Bonchev–Trinajstić information content (AvgIpc) is 3.30. The highest BCUT2D eigenvalue weighted by molar-refractivity contribution is 5.87. The number of fused-ring (bicyclic) bond motifs is 1. The van der Waals surface area contributed by atoms with Gasteiger partial charge in [-0.1, -0.05) is 12.1 Å². The van der Waals surface area contributed by atoms with Gasteiger partial charge in [-0.25, -0.2) is 24.1 Å². The van der Waals surface area contributed by atoms with E-state index in [2.05, 4.69) is 9.88 Å². The molecule has 6 rings (SSSR count). The van der Waals surface area contributed by atoms with Crippen molar-refractivity contribution in [3.8, 4) is 11.9 Å². The molecule has 2 saturated heterocycles. The molecule has 10 nitrogen and oxygen atoms in total. The van der Waals surface area contributed by atoms with Gasteiger partial charge in [0.25, 0.3) is 0 Å². The Labute approximate surface area is 236 Å². The minimum Gasteiger partial charge on any atom is -0.478 e. The summed E-state index contributed by atoms with van der Waals surface area (Å²) in [4.78, 5) is 27.6. The predicted molar refractivity (Wildman–Crippen MR) is 145 cm³/mol. The lowest BCUT2D eigenvalue weighted by Crippen LogP contribution is -2.34. The first kappa shape index (κ1) is 26.8. The third-order valence-electron chi connectivity index (χ3n) is 7.81. The molecule has 0 bridgehead atoms. The van der Waals surface area contributed by atoms with Gasteiger partial charge in [0.15, 0.2) is 0 Å². The number of piperidine rings is 1. The van der Waals surface area contributed by atoms with Crippen LogP contribution in [-0.4, -0.2) is 61.1 Å². The number of pyridine rings is 1. The maximum atomic E-state index is 14.2. The van der Waals surface area contributed by atoms with Crippen molar-refractivity contribution in [1.29, 1.82) is 5.26 Å². The van der Waals surface area contributed by atoms with Crippen LogP contribution in [0.25, 0.3) is 5.78 Å². The first-order valence-electron chi connectivity index (χ1n) is 13.7. The summed E-state index contributed by atoms with van der Waals surface area (Å²) >= 11 is 0. The Bertz CT molecular complexity index is 1620. The fourth-order valence-corrected chi connectivity index (χ4v) is 5.36. The third-order valence-corrected chi connectivity index (χ3v) is 7.81. The number of benzene rings is 1. The van der Waals surface area contributed by atoms with Crippen LogP contribution in [0, 0.1) is 17.1 Å². The van der Waals surface area contributed by atoms with Crippen LogP contribution >= 0.6 is 0 Å². The number of aromatic carboxylic acids is 1. The second-order valence-electron chi connectivity index (χ2n) is 10.5. The van der Waals surface area contributed by atoms with E-state index in [0.29, 0.717) is 30.2 Å². The highest BCUT2D eigenvalue weighted by Crippen LogP contribution is 2.30. The normalized spacial score (nSPS) is 17.7. The number of rotatable bonds is 9. The lowest BCUT2D eigenvalue weighted by atomic mass is 9.93. The van der Waals surface area contributed by atoms with Gasteiger partial charge in [-0.2, -0.15) is 5.26 Å². The van der Waals surface area contributed by atoms with Crippen LogP contribution in [0.5, 0.6) is 5.88 Å². The SMILES string of the molecule is N#Cc1ccc(COc2cccc(C3CCN(Cc4nc5ncc(C(=O)O)cn5c4CC4CCO4)CC3)n2)c(F)c1. The molecule has 0 saturated carbocycles. The molecule has 0 spiro atoms. The van der Waals surface area contributed by atoms with Crippen molar-refractivity contribution in [2.75, 3.05) is 19.7 Å². The second kappa shape index (κ2) is 11.6. The molecule has 1 unspecified atom stereocenters. The zero-order chi connectivity index (χ0) is 28.3. The molecule has 210 valence electrons. The summed E-state index contributed by atoms with van der Waals surface area (Å²) in [6, 6.07) is 11.9. The molecule has 2 aliphatic heterocycles. The molecule has 1 N–H and O–H groups in total. The maximum Gasteiger partial charge on any atom is 0.338 e. The number of nitriles is 1. The van der Waals surface area contributed by atoms with Crippen molar-refractivity contribution >= 4 is 11.7 Å². The summed E-state index contributed by atoms with van der Waals surface area (Å²) in [5, 5.41) is 18.4. The lowest BCUT2D eigenvalue weighted by molar-refractivity contribution is -0.0499. The largest absolute Gasteiger partial charge is 0.478 e. The van der Waals surface area contributed by atoms with E-state index in [4.69, 9.17) is 24.7 Å². The summed E-state index contributed by atoms with van der Waals surface area (Å²) in [6.07, 6.45) is 6.52. The average molecular weight is 557 g/mol. The van der Waals surface area contributed by atoms with Crippen LogP contribution in [0.15, 0.2) is 48.8 Å². The van der Waals surface area contributed by atoms with E-state index in [1.807, 2.05) is 18.2 Å². The van der Waals surface area contributed by atoms with Crippen molar-refractivity contribution < 1.29 is 23.8 Å². The summed E-state index contributed by atoms with van der Waals surface area (Å²) in [5.41, 5.74) is 3.56. The molecule has 1 atom stereocenters. The lowest BCUT2D eigenvalue weighted by Gasteiger charge is -2.32. The molecule has 4 aromatic rings. The summed E-state index contributed by atoms with van der Waals surface area (Å²) in [5.74, 6) is -0.289. The van der Waals surface area contributed by atoms with E-state index in [1.165, 1.54) is 12.3 Å². The summed E-state index contributed by atoms with van der Waals surface area (Å²) in [7, 11) is 0. The zero-order valence-corrected chi connectivity index (χ0v) is 22.4.